The zero-order valence-corrected chi connectivity index (χ0v) is 7.72. The summed E-state index contributed by atoms with van der Waals surface area (Å²) in [7, 11) is 0. The molecule has 70 valence electrons. The van der Waals surface area contributed by atoms with Crippen molar-refractivity contribution in [3.8, 4) is 0 Å². The Labute approximate surface area is 72.3 Å². The standard InChI is InChI=1S/C8H15NO3/c1-4-8(9-6(2)10)5-12-7(3)11/h8H,4-5H2,1-3H3,(H,9,10)/t8-/m1/s1. The molecule has 0 radical (unpaired) electrons. The average Bonchev–Trinajstić information content (AvgIpc) is 1.97. The van der Waals surface area contributed by atoms with E-state index in [4.69, 9.17) is 4.74 Å². The van der Waals surface area contributed by atoms with Crippen molar-refractivity contribution in [1.29, 1.82) is 0 Å². The summed E-state index contributed by atoms with van der Waals surface area (Å²) in [5, 5.41) is 2.67. The first-order chi connectivity index (χ1) is 5.56. The second-order valence-electron chi connectivity index (χ2n) is 2.61. The summed E-state index contributed by atoms with van der Waals surface area (Å²) in [6.45, 7) is 4.96. The highest BCUT2D eigenvalue weighted by molar-refractivity contribution is 5.73. The molecule has 0 aromatic carbocycles. The van der Waals surface area contributed by atoms with E-state index in [2.05, 4.69) is 5.32 Å². The van der Waals surface area contributed by atoms with Crippen molar-refractivity contribution in [3.63, 3.8) is 0 Å². The van der Waals surface area contributed by atoms with Crippen LogP contribution in [-0.4, -0.2) is 24.5 Å². The summed E-state index contributed by atoms with van der Waals surface area (Å²) in [6.07, 6.45) is 0.757. The maximum absolute atomic E-state index is 10.6. The molecule has 0 rings (SSSR count). The molecule has 0 heterocycles. The second-order valence-corrected chi connectivity index (χ2v) is 2.61. The van der Waals surface area contributed by atoms with Crippen molar-refractivity contribution < 1.29 is 14.3 Å². The minimum Gasteiger partial charge on any atom is -0.464 e. The van der Waals surface area contributed by atoms with Crippen LogP contribution in [0.3, 0.4) is 0 Å². The number of esters is 1. The van der Waals surface area contributed by atoms with Gasteiger partial charge in [-0.15, -0.1) is 0 Å². The summed E-state index contributed by atoms with van der Waals surface area (Å²) in [4.78, 5) is 21.0. The van der Waals surface area contributed by atoms with Gasteiger partial charge in [0, 0.05) is 13.8 Å². The van der Waals surface area contributed by atoms with Gasteiger partial charge in [0.1, 0.15) is 6.61 Å². The molecule has 0 aliphatic rings. The van der Waals surface area contributed by atoms with Gasteiger partial charge < -0.3 is 10.1 Å². The van der Waals surface area contributed by atoms with Crippen molar-refractivity contribution >= 4 is 11.9 Å². The van der Waals surface area contributed by atoms with Gasteiger partial charge in [-0.25, -0.2) is 0 Å². The van der Waals surface area contributed by atoms with Crippen LogP contribution in [-0.2, 0) is 14.3 Å². The Morgan fingerprint density at radius 2 is 2.00 bits per heavy atom. The highest BCUT2D eigenvalue weighted by atomic mass is 16.5. The first kappa shape index (κ1) is 10.9. The van der Waals surface area contributed by atoms with E-state index in [0.717, 1.165) is 6.42 Å². The van der Waals surface area contributed by atoms with E-state index in [9.17, 15) is 9.59 Å². The molecular weight excluding hydrogens is 158 g/mol. The molecule has 0 unspecified atom stereocenters. The Morgan fingerprint density at radius 3 is 2.33 bits per heavy atom. The Kier molecular flexibility index (Phi) is 5.08. The van der Waals surface area contributed by atoms with Gasteiger partial charge in [-0.3, -0.25) is 9.59 Å². The fourth-order valence-corrected chi connectivity index (χ4v) is 0.767. The van der Waals surface area contributed by atoms with E-state index < -0.39 is 0 Å². The molecule has 1 N–H and O–H groups in total. The van der Waals surface area contributed by atoms with Gasteiger partial charge in [-0.1, -0.05) is 6.92 Å². The molecule has 0 fully saturated rings. The molecule has 0 saturated carbocycles. The van der Waals surface area contributed by atoms with Crippen LogP contribution in [0.4, 0.5) is 0 Å². The Balaban J connectivity index is 3.67. The zero-order chi connectivity index (χ0) is 9.56. The number of amides is 1. The maximum Gasteiger partial charge on any atom is 0.302 e. The molecule has 0 aliphatic heterocycles. The molecule has 4 heteroatoms. The third-order valence-corrected chi connectivity index (χ3v) is 1.39. The predicted octanol–water partition coefficient (Wildman–Crippen LogP) is 0.464. The molecular formula is C8H15NO3. The molecule has 1 atom stereocenters. The van der Waals surface area contributed by atoms with Crippen LogP contribution in [0.1, 0.15) is 27.2 Å². The lowest BCUT2D eigenvalue weighted by atomic mass is 10.2. The lowest BCUT2D eigenvalue weighted by Crippen LogP contribution is -2.36. The van der Waals surface area contributed by atoms with E-state index in [1.165, 1.54) is 13.8 Å². The Hall–Kier alpha value is -1.06. The van der Waals surface area contributed by atoms with Crippen LogP contribution >= 0.6 is 0 Å². The first-order valence-electron chi connectivity index (χ1n) is 3.96. The molecule has 0 aromatic rings. The van der Waals surface area contributed by atoms with E-state index in [0.29, 0.717) is 0 Å². The Bertz CT molecular complexity index is 168. The van der Waals surface area contributed by atoms with Gasteiger partial charge in [-0.05, 0) is 6.42 Å². The number of carbonyl (C=O) groups excluding carboxylic acids is 2. The second kappa shape index (κ2) is 5.57. The number of hydrogen-bond acceptors (Lipinski definition) is 3. The van der Waals surface area contributed by atoms with Gasteiger partial charge in [0.25, 0.3) is 0 Å². The topological polar surface area (TPSA) is 55.4 Å². The lowest BCUT2D eigenvalue weighted by Gasteiger charge is -2.14. The summed E-state index contributed by atoms with van der Waals surface area (Å²) >= 11 is 0. The molecule has 0 saturated heterocycles. The fourth-order valence-electron chi connectivity index (χ4n) is 0.767. The molecule has 0 bridgehead atoms. The molecule has 0 spiro atoms. The predicted molar refractivity (Wildman–Crippen MR) is 44.5 cm³/mol. The van der Waals surface area contributed by atoms with Crippen LogP contribution < -0.4 is 5.32 Å². The van der Waals surface area contributed by atoms with E-state index >= 15 is 0 Å². The first-order valence-corrected chi connectivity index (χ1v) is 3.96. The SMILES string of the molecule is CC[C@H](COC(C)=O)NC(C)=O. The summed E-state index contributed by atoms with van der Waals surface area (Å²) in [5.41, 5.74) is 0. The van der Waals surface area contributed by atoms with E-state index in [1.54, 1.807) is 0 Å². The molecule has 1 amide bonds. The van der Waals surface area contributed by atoms with Crippen LogP contribution in [0.2, 0.25) is 0 Å². The van der Waals surface area contributed by atoms with Crippen molar-refractivity contribution in [2.75, 3.05) is 6.61 Å². The van der Waals surface area contributed by atoms with Gasteiger partial charge >= 0.3 is 5.97 Å². The number of hydrogen-bond donors (Lipinski definition) is 1. The number of nitrogens with one attached hydrogen (secondary N) is 1. The largest absolute Gasteiger partial charge is 0.464 e. The normalized spacial score (nSPS) is 11.9. The molecule has 0 aliphatic carbocycles. The minimum atomic E-state index is -0.321. The minimum absolute atomic E-state index is 0.0635. The van der Waals surface area contributed by atoms with Crippen LogP contribution in [0.5, 0.6) is 0 Å². The summed E-state index contributed by atoms with van der Waals surface area (Å²) in [5.74, 6) is -0.423. The smallest absolute Gasteiger partial charge is 0.302 e. The third kappa shape index (κ3) is 5.70. The molecule has 0 aromatic heterocycles. The molecule has 4 nitrogen and oxygen atoms in total. The maximum atomic E-state index is 10.6. The third-order valence-electron chi connectivity index (χ3n) is 1.39. The summed E-state index contributed by atoms with van der Waals surface area (Å²) in [6, 6.07) is -0.0635. The van der Waals surface area contributed by atoms with Crippen LogP contribution in [0.15, 0.2) is 0 Å². The van der Waals surface area contributed by atoms with Crippen molar-refractivity contribution in [2.45, 2.75) is 33.2 Å². The Morgan fingerprint density at radius 1 is 1.42 bits per heavy atom. The monoisotopic (exact) mass is 173 g/mol. The van der Waals surface area contributed by atoms with E-state index in [-0.39, 0.29) is 24.5 Å². The number of rotatable bonds is 4. The highest BCUT2D eigenvalue weighted by Crippen LogP contribution is 1.92. The van der Waals surface area contributed by atoms with E-state index in [1.807, 2.05) is 6.92 Å². The van der Waals surface area contributed by atoms with Crippen molar-refractivity contribution in [2.24, 2.45) is 0 Å². The van der Waals surface area contributed by atoms with Crippen LogP contribution in [0, 0.1) is 0 Å². The van der Waals surface area contributed by atoms with Gasteiger partial charge in [0.2, 0.25) is 5.91 Å². The van der Waals surface area contributed by atoms with Gasteiger partial charge in [-0.2, -0.15) is 0 Å². The number of carbonyl (C=O) groups is 2. The number of ether oxygens (including phenoxy) is 1. The quantitative estimate of drug-likeness (QED) is 0.628. The molecule has 12 heavy (non-hydrogen) atoms. The van der Waals surface area contributed by atoms with Crippen LogP contribution in [0.25, 0.3) is 0 Å². The fraction of sp³-hybridized carbons (Fsp3) is 0.750. The highest BCUT2D eigenvalue weighted by Gasteiger charge is 2.08. The van der Waals surface area contributed by atoms with Crippen molar-refractivity contribution in [3.05, 3.63) is 0 Å². The zero-order valence-electron chi connectivity index (χ0n) is 7.72. The van der Waals surface area contributed by atoms with Gasteiger partial charge in [0.05, 0.1) is 6.04 Å². The van der Waals surface area contributed by atoms with Crippen molar-refractivity contribution in [1.82, 2.24) is 5.32 Å². The average molecular weight is 173 g/mol. The lowest BCUT2D eigenvalue weighted by molar-refractivity contribution is -0.142. The van der Waals surface area contributed by atoms with Gasteiger partial charge in [0.15, 0.2) is 0 Å². The summed E-state index contributed by atoms with van der Waals surface area (Å²) < 4.78 is 4.74.